The summed E-state index contributed by atoms with van der Waals surface area (Å²) in [6, 6.07) is 0. The van der Waals surface area contributed by atoms with Gasteiger partial charge in [0.1, 0.15) is 6.10 Å². The lowest BCUT2D eigenvalue weighted by Gasteiger charge is -2.09. The molecule has 0 fully saturated rings. The number of hydrogen-bond donors (Lipinski definition) is 0. The fraction of sp³-hybridized carbons (Fsp3) is 0.900. The molecule has 1 aliphatic heterocycles. The Labute approximate surface area is 133 Å². The molecule has 0 aliphatic carbocycles. The molecule has 1 rings (SSSR count). The molecule has 0 aromatic rings. The van der Waals surface area contributed by atoms with E-state index in [4.69, 9.17) is 4.74 Å². The van der Waals surface area contributed by atoms with Crippen LogP contribution in [-0.4, -0.2) is 6.10 Å². The summed E-state index contributed by atoms with van der Waals surface area (Å²) in [7, 11) is 0. The zero-order valence-electron chi connectivity index (χ0n) is 14.5. The van der Waals surface area contributed by atoms with Crippen molar-refractivity contribution < 1.29 is 4.74 Å². The highest BCUT2D eigenvalue weighted by atomic mass is 16.5. The van der Waals surface area contributed by atoms with Gasteiger partial charge in [0.25, 0.3) is 0 Å². The fourth-order valence-corrected chi connectivity index (χ4v) is 3.18. The second kappa shape index (κ2) is 14.5. The molecule has 1 unspecified atom stereocenters. The van der Waals surface area contributed by atoms with E-state index in [1.54, 1.807) is 0 Å². The van der Waals surface area contributed by atoms with Crippen LogP contribution in [0.3, 0.4) is 0 Å². The van der Waals surface area contributed by atoms with Gasteiger partial charge in [0.15, 0.2) is 0 Å². The van der Waals surface area contributed by atoms with Gasteiger partial charge in [-0.25, -0.2) is 0 Å². The Bertz CT molecular complexity index is 226. The Morgan fingerprint density at radius 3 is 1.62 bits per heavy atom. The first-order valence-corrected chi connectivity index (χ1v) is 9.74. The fourth-order valence-electron chi connectivity index (χ4n) is 3.18. The molecule has 1 atom stereocenters. The van der Waals surface area contributed by atoms with Crippen molar-refractivity contribution >= 4 is 0 Å². The van der Waals surface area contributed by atoms with E-state index < -0.39 is 0 Å². The lowest BCUT2D eigenvalue weighted by molar-refractivity contribution is 0.157. The largest absolute Gasteiger partial charge is 0.498 e. The summed E-state index contributed by atoms with van der Waals surface area (Å²) in [5.41, 5.74) is 0. The molecule has 0 saturated heterocycles. The number of ether oxygens (including phenoxy) is 1. The molecule has 1 aliphatic rings. The highest BCUT2D eigenvalue weighted by Gasteiger charge is 2.09. The van der Waals surface area contributed by atoms with Crippen LogP contribution >= 0.6 is 0 Å². The minimum Gasteiger partial charge on any atom is -0.498 e. The van der Waals surface area contributed by atoms with Crippen LogP contribution < -0.4 is 0 Å². The Morgan fingerprint density at radius 2 is 1.19 bits per heavy atom. The van der Waals surface area contributed by atoms with Crippen LogP contribution in [0.15, 0.2) is 12.3 Å². The zero-order chi connectivity index (χ0) is 15.0. The van der Waals surface area contributed by atoms with Gasteiger partial charge in [-0.2, -0.15) is 0 Å². The Hall–Kier alpha value is -0.460. The van der Waals surface area contributed by atoms with Crippen molar-refractivity contribution in [3.05, 3.63) is 12.3 Å². The average molecular weight is 295 g/mol. The SMILES string of the molecule is CCCCCCCCCCCCCCCCC1CC=CO1. The van der Waals surface area contributed by atoms with Gasteiger partial charge in [0, 0.05) is 6.42 Å². The molecule has 1 nitrogen and oxygen atoms in total. The highest BCUT2D eigenvalue weighted by molar-refractivity contribution is 4.86. The lowest BCUT2D eigenvalue weighted by Crippen LogP contribution is -2.03. The van der Waals surface area contributed by atoms with Crippen molar-refractivity contribution in [2.45, 2.75) is 116 Å². The zero-order valence-corrected chi connectivity index (χ0v) is 14.5. The van der Waals surface area contributed by atoms with E-state index in [0.29, 0.717) is 6.10 Å². The molecular formula is C20H38O. The summed E-state index contributed by atoms with van der Waals surface area (Å²) in [6.45, 7) is 2.29. The quantitative estimate of drug-likeness (QED) is 0.291. The van der Waals surface area contributed by atoms with Gasteiger partial charge < -0.3 is 4.74 Å². The van der Waals surface area contributed by atoms with Crippen LogP contribution in [-0.2, 0) is 4.74 Å². The predicted molar refractivity (Wildman–Crippen MR) is 93.6 cm³/mol. The smallest absolute Gasteiger partial charge is 0.101 e. The van der Waals surface area contributed by atoms with E-state index in [2.05, 4.69) is 13.0 Å². The Kier molecular flexibility index (Phi) is 12.8. The molecule has 0 aromatic carbocycles. The molecular weight excluding hydrogens is 256 g/mol. The van der Waals surface area contributed by atoms with Crippen molar-refractivity contribution in [3.63, 3.8) is 0 Å². The van der Waals surface area contributed by atoms with Crippen LogP contribution in [0.4, 0.5) is 0 Å². The van der Waals surface area contributed by atoms with E-state index in [0.717, 1.165) is 6.42 Å². The summed E-state index contributed by atoms with van der Waals surface area (Å²) in [4.78, 5) is 0. The standard InChI is InChI=1S/C20H38O/c1-2-3-4-5-6-7-8-9-10-11-12-13-14-15-17-20-18-16-19-21-20/h16,19-20H,2-15,17-18H2,1H3. The molecule has 0 bridgehead atoms. The second-order valence-corrected chi connectivity index (χ2v) is 6.75. The molecule has 124 valence electrons. The van der Waals surface area contributed by atoms with Crippen LogP contribution in [0, 0.1) is 0 Å². The maximum absolute atomic E-state index is 5.49. The van der Waals surface area contributed by atoms with Crippen molar-refractivity contribution in [1.29, 1.82) is 0 Å². The van der Waals surface area contributed by atoms with E-state index in [1.807, 2.05) is 6.26 Å². The molecule has 0 saturated carbocycles. The number of hydrogen-bond acceptors (Lipinski definition) is 1. The highest BCUT2D eigenvalue weighted by Crippen LogP contribution is 2.17. The van der Waals surface area contributed by atoms with Crippen molar-refractivity contribution in [2.75, 3.05) is 0 Å². The van der Waals surface area contributed by atoms with Crippen molar-refractivity contribution in [1.82, 2.24) is 0 Å². The molecule has 0 aromatic heterocycles. The summed E-state index contributed by atoms with van der Waals surface area (Å²) in [6.07, 6.45) is 27.1. The average Bonchev–Trinajstić information content (AvgIpc) is 3.01. The van der Waals surface area contributed by atoms with E-state index in [-0.39, 0.29) is 0 Å². The lowest BCUT2D eigenvalue weighted by atomic mass is 10.0. The molecule has 1 heteroatoms. The Balaban J connectivity index is 1.65. The molecule has 21 heavy (non-hydrogen) atoms. The summed E-state index contributed by atoms with van der Waals surface area (Å²) in [5.74, 6) is 0. The number of rotatable bonds is 15. The van der Waals surface area contributed by atoms with Gasteiger partial charge in [-0.1, -0.05) is 90.4 Å². The van der Waals surface area contributed by atoms with Crippen LogP contribution in [0.25, 0.3) is 0 Å². The molecule has 0 N–H and O–H groups in total. The summed E-state index contributed by atoms with van der Waals surface area (Å²) in [5, 5.41) is 0. The minimum absolute atomic E-state index is 0.502. The third kappa shape index (κ3) is 11.8. The van der Waals surface area contributed by atoms with Crippen LogP contribution in [0.1, 0.15) is 110 Å². The molecule has 0 radical (unpaired) electrons. The van der Waals surface area contributed by atoms with Crippen molar-refractivity contribution in [2.24, 2.45) is 0 Å². The minimum atomic E-state index is 0.502. The van der Waals surface area contributed by atoms with E-state index in [1.165, 1.54) is 96.3 Å². The predicted octanol–water partition coefficient (Wildman–Crippen LogP) is 7.16. The Morgan fingerprint density at radius 1 is 0.714 bits per heavy atom. The van der Waals surface area contributed by atoms with E-state index in [9.17, 15) is 0 Å². The van der Waals surface area contributed by atoms with Gasteiger partial charge in [-0.15, -0.1) is 0 Å². The van der Waals surface area contributed by atoms with Gasteiger partial charge in [-0.3, -0.25) is 0 Å². The molecule has 1 heterocycles. The normalized spacial score (nSPS) is 17.3. The third-order valence-electron chi connectivity index (χ3n) is 4.65. The number of unbranched alkanes of at least 4 members (excludes halogenated alkanes) is 13. The first-order chi connectivity index (χ1) is 10.4. The molecule has 0 spiro atoms. The summed E-state index contributed by atoms with van der Waals surface area (Å²) < 4.78 is 5.49. The monoisotopic (exact) mass is 294 g/mol. The van der Waals surface area contributed by atoms with E-state index >= 15 is 0 Å². The topological polar surface area (TPSA) is 9.23 Å². The third-order valence-corrected chi connectivity index (χ3v) is 4.65. The molecule has 0 amide bonds. The van der Waals surface area contributed by atoms with Crippen LogP contribution in [0.5, 0.6) is 0 Å². The van der Waals surface area contributed by atoms with Gasteiger partial charge in [-0.05, 0) is 18.9 Å². The first kappa shape index (κ1) is 18.6. The second-order valence-electron chi connectivity index (χ2n) is 6.75. The van der Waals surface area contributed by atoms with Gasteiger partial charge in [0.2, 0.25) is 0 Å². The maximum atomic E-state index is 5.49. The summed E-state index contributed by atoms with van der Waals surface area (Å²) >= 11 is 0. The van der Waals surface area contributed by atoms with Gasteiger partial charge >= 0.3 is 0 Å². The maximum Gasteiger partial charge on any atom is 0.101 e. The van der Waals surface area contributed by atoms with Gasteiger partial charge in [0.05, 0.1) is 6.26 Å². The first-order valence-electron chi connectivity index (χ1n) is 9.74. The van der Waals surface area contributed by atoms with Crippen molar-refractivity contribution in [3.8, 4) is 0 Å². The van der Waals surface area contributed by atoms with Crippen LogP contribution in [0.2, 0.25) is 0 Å².